The molecule has 0 amide bonds. The van der Waals surface area contributed by atoms with Crippen LogP contribution in [0.3, 0.4) is 0 Å². The summed E-state index contributed by atoms with van der Waals surface area (Å²) >= 11 is 0. The Kier molecular flexibility index (Phi) is 9.07. The van der Waals surface area contributed by atoms with Gasteiger partial charge in [0.1, 0.15) is 6.10 Å². The number of rotatable bonds is 10. The van der Waals surface area contributed by atoms with E-state index in [0.717, 1.165) is 12.0 Å². The van der Waals surface area contributed by atoms with Crippen LogP contribution in [-0.4, -0.2) is 29.1 Å². The van der Waals surface area contributed by atoms with Crippen LogP contribution < -0.4 is 0 Å². The van der Waals surface area contributed by atoms with Crippen LogP contribution in [0.15, 0.2) is 60.7 Å². The van der Waals surface area contributed by atoms with Crippen molar-refractivity contribution in [3.8, 4) is 0 Å². The van der Waals surface area contributed by atoms with Gasteiger partial charge in [-0.3, -0.25) is 4.79 Å². The molecule has 4 heteroatoms. The summed E-state index contributed by atoms with van der Waals surface area (Å²) in [5.41, 5.74) is 1.07. The maximum Gasteiger partial charge on any atom is 0.330 e. The topological polar surface area (TPSA) is 63.6 Å². The van der Waals surface area contributed by atoms with E-state index in [1.165, 1.54) is 12.2 Å². The van der Waals surface area contributed by atoms with E-state index in [0.29, 0.717) is 6.42 Å². The van der Waals surface area contributed by atoms with Gasteiger partial charge in [-0.05, 0) is 36.3 Å². The summed E-state index contributed by atoms with van der Waals surface area (Å²) in [7, 11) is 0. The molecule has 1 heterocycles. The minimum absolute atomic E-state index is 0.0654. The summed E-state index contributed by atoms with van der Waals surface area (Å²) in [6.45, 7) is 6.05. The number of aliphatic hydroxyl groups is 1. The fourth-order valence-corrected chi connectivity index (χ4v) is 3.73. The number of allylic oxidation sites excluding steroid dienone is 3. The van der Waals surface area contributed by atoms with Gasteiger partial charge in [0.2, 0.25) is 0 Å². The van der Waals surface area contributed by atoms with Crippen molar-refractivity contribution in [2.75, 3.05) is 0 Å². The van der Waals surface area contributed by atoms with E-state index in [1.807, 2.05) is 62.4 Å². The van der Waals surface area contributed by atoms with Crippen LogP contribution in [0.2, 0.25) is 0 Å². The van der Waals surface area contributed by atoms with E-state index in [9.17, 15) is 14.7 Å². The van der Waals surface area contributed by atoms with Crippen LogP contribution in [0.25, 0.3) is 6.08 Å². The molecule has 29 heavy (non-hydrogen) atoms. The minimum atomic E-state index is -0.720. The van der Waals surface area contributed by atoms with Crippen LogP contribution >= 0.6 is 0 Å². The maximum absolute atomic E-state index is 12.1. The van der Waals surface area contributed by atoms with Gasteiger partial charge in [-0.2, -0.15) is 0 Å². The molecule has 0 radical (unpaired) electrons. The molecule has 0 fully saturated rings. The number of ether oxygens (including phenoxy) is 1. The average Bonchev–Trinajstić information content (AvgIpc) is 2.71. The third kappa shape index (κ3) is 7.47. The summed E-state index contributed by atoms with van der Waals surface area (Å²) in [6, 6.07) is 9.85. The summed E-state index contributed by atoms with van der Waals surface area (Å²) in [5, 5.41) is 10.5. The molecule has 0 saturated heterocycles. The fraction of sp³-hybridized carbons (Fsp3) is 0.440. The van der Waals surface area contributed by atoms with Crippen LogP contribution in [0.4, 0.5) is 0 Å². The van der Waals surface area contributed by atoms with E-state index in [2.05, 4.69) is 6.92 Å². The maximum atomic E-state index is 12.1. The Bertz CT molecular complexity index is 747. The number of aliphatic hydroxyl groups excluding tert-OH is 1. The third-order valence-electron chi connectivity index (χ3n) is 5.48. The van der Waals surface area contributed by atoms with E-state index >= 15 is 0 Å². The molecule has 5 atom stereocenters. The van der Waals surface area contributed by atoms with Crippen molar-refractivity contribution in [2.45, 2.75) is 52.2 Å². The Labute approximate surface area is 174 Å². The van der Waals surface area contributed by atoms with Crippen molar-refractivity contribution in [3.63, 3.8) is 0 Å². The van der Waals surface area contributed by atoms with Crippen LogP contribution in [0.1, 0.15) is 45.6 Å². The molecule has 0 bridgehead atoms. The summed E-state index contributed by atoms with van der Waals surface area (Å²) in [4.78, 5) is 23.7. The normalized spacial score (nSPS) is 22.6. The lowest BCUT2D eigenvalue weighted by molar-refractivity contribution is -0.150. The van der Waals surface area contributed by atoms with Gasteiger partial charge < -0.3 is 9.84 Å². The van der Waals surface area contributed by atoms with Gasteiger partial charge in [-0.15, -0.1) is 0 Å². The number of hydrogen-bond donors (Lipinski definition) is 1. The molecule has 1 N–H and O–H groups in total. The molecular weight excluding hydrogens is 364 g/mol. The highest BCUT2D eigenvalue weighted by Gasteiger charge is 2.32. The molecule has 1 aliphatic rings. The first-order chi connectivity index (χ1) is 13.9. The summed E-state index contributed by atoms with van der Waals surface area (Å²) in [5.74, 6) is -0.160. The lowest BCUT2D eigenvalue weighted by Crippen LogP contribution is -2.36. The van der Waals surface area contributed by atoms with Crippen molar-refractivity contribution >= 4 is 17.8 Å². The number of carbonyl (C=O) groups is 2. The molecule has 0 aliphatic carbocycles. The summed E-state index contributed by atoms with van der Waals surface area (Å²) in [6.07, 6.45) is 11.1. The van der Waals surface area contributed by atoms with Gasteiger partial charge in [0, 0.05) is 18.4 Å². The minimum Gasteiger partial charge on any atom is -0.458 e. The second-order valence-corrected chi connectivity index (χ2v) is 7.89. The highest BCUT2D eigenvalue weighted by molar-refractivity contribution is 5.90. The Hall–Kier alpha value is -2.46. The lowest BCUT2D eigenvalue weighted by Gasteiger charge is -2.33. The predicted octanol–water partition coefficient (Wildman–Crippen LogP) is 4.75. The molecule has 1 aromatic carbocycles. The van der Waals surface area contributed by atoms with Gasteiger partial charge in [0.25, 0.3) is 0 Å². The third-order valence-corrected chi connectivity index (χ3v) is 5.48. The first-order valence-corrected chi connectivity index (χ1v) is 10.4. The zero-order valence-corrected chi connectivity index (χ0v) is 17.5. The van der Waals surface area contributed by atoms with Crippen molar-refractivity contribution in [2.24, 2.45) is 17.8 Å². The lowest BCUT2D eigenvalue weighted by atomic mass is 9.81. The van der Waals surface area contributed by atoms with Gasteiger partial charge in [-0.25, -0.2) is 4.79 Å². The molecule has 0 unspecified atom stereocenters. The monoisotopic (exact) mass is 396 g/mol. The van der Waals surface area contributed by atoms with Crippen LogP contribution in [0.5, 0.6) is 0 Å². The summed E-state index contributed by atoms with van der Waals surface area (Å²) < 4.78 is 5.52. The highest BCUT2D eigenvalue weighted by atomic mass is 16.5. The zero-order valence-electron chi connectivity index (χ0n) is 17.5. The van der Waals surface area contributed by atoms with E-state index in [4.69, 9.17) is 4.74 Å². The Morgan fingerprint density at radius 3 is 2.62 bits per heavy atom. The molecule has 2 rings (SSSR count). The van der Waals surface area contributed by atoms with E-state index in [-0.39, 0.29) is 42.0 Å². The fourth-order valence-electron chi connectivity index (χ4n) is 3.73. The highest BCUT2D eigenvalue weighted by Crippen LogP contribution is 2.30. The molecule has 1 aliphatic heterocycles. The van der Waals surface area contributed by atoms with Crippen LogP contribution in [0, 0.1) is 17.8 Å². The molecule has 0 spiro atoms. The number of esters is 1. The first-order valence-electron chi connectivity index (χ1n) is 10.4. The quantitative estimate of drug-likeness (QED) is 0.352. The predicted molar refractivity (Wildman–Crippen MR) is 116 cm³/mol. The van der Waals surface area contributed by atoms with Crippen molar-refractivity contribution in [1.29, 1.82) is 0 Å². The Balaban J connectivity index is 1.81. The Morgan fingerprint density at radius 2 is 1.93 bits per heavy atom. The SMILES string of the molecule is CC[C@@H]1C=CC(=O)O[C@@H]1[C@H](C)C[C@@H](C)[C@@H](O)CC(=O)/C=C/C=C/c1ccccc1. The zero-order chi connectivity index (χ0) is 21.2. The van der Waals surface area contributed by atoms with Gasteiger partial charge >= 0.3 is 5.97 Å². The molecule has 1 aromatic rings. The Morgan fingerprint density at radius 1 is 1.21 bits per heavy atom. The van der Waals surface area contributed by atoms with Crippen molar-refractivity contribution in [3.05, 3.63) is 66.3 Å². The first kappa shape index (κ1) is 22.8. The smallest absolute Gasteiger partial charge is 0.330 e. The van der Waals surface area contributed by atoms with Crippen LogP contribution in [-0.2, 0) is 14.3 Å². The van der Waals surface area contributed by atoms with Gasteiger partial charge in [0.05, 0.1) is 6.10 Å². The molecule has 0 aromatic heterocycles. The largest absolute Gasteiger partial charge is 0.458 e. The molecule has 0 saturated carbocycles. The second kappa shape index (κ2) is 11.5. The van der Waals surface area contributed by atoms with Crippen molar-refractivity contribution in [1.82, 2.24) is 0 Å². The molecule has 4 nitrogen and oxygen atoms in total. The standard InChI is InChI=1S/C25H32O4/c1-4-21-14-15-24(28)29-25(21)19(3)16-18(2)23(27)17-22(26)13-9-8-12-20-10-6-5-7-11-20/h5-15,18-19,21,23,25,27H,4,16-17H2,1-3H3/b12-8+,13-9+/t18-,19-,21-,23+,25-/m1/s1. The second-order valence-electron chi connectivity index (χ2n) is 7.89. The number of ketones is 1. The van der Waals surface area contributed by atoms with E-state index in [1.54, 1.807) is 6.08 Å². The number of hydrogen-bond acceptors (Lipinski definition) is 4. The van der Waals surface area contributed by atoms with Gasteiger partial charge in [0.15, 0.2) is 5.78 Å². The number of cyclic esters (lactones) is 1. The molecular formula is C25H32O4. The number of benzene rings is 1. The number of carbonyl (C=O) groups excluding carboxylic acids is 2. The van der Waals surface area contributed by atoms with Gasteiger partial charge in [-0.1, -0.05) is 75.4 Å². The molecule has 156 valence electrons. The average molecular weight is 397 g/mol. The van der Waals surface area contributed by atoms with E-state index < -0.39 is 6.10 Å². The van der Waals surface area contributed by atoms with Crippen molar-refractivity contribution < 1.29 is 19.4 Å².